The van der Waals surface area contributed by atoms with Crippen molar-refractivity contribution in [2.75, 3.05) is 7.11 Å². The van der Waals surface area contributed by atoms with Crippen LogP contribution in [0.25, 0.3) is 0 Å². The summed E-state index contributed by atoms with van der Waals surface area (Å²) in [6.45, 7) is 3.90. The van der Waals surface area contributed by atoms with Crippen LogP contribution in [0.1, 0.15) is 35.9 Å². The van der Waals surface area contributed by atoms with Gasteiger partial charge in [-0.1, -0.05) is 11.6 Å². The Balaban J connectivity index is 2.48. The summed E-state index contributed by atoms with van der Waals surface area (Å²) in [5.74, 6) is 0.265. The smallest absolute Gasteiger partial charge is 0.216 e. The number of methoxy groups -OCH3 is 1. The lowest BCUT2D eigenvalue weighted by Gasteiger charge is -2.11. The quantitative estimate of drug-likeness (QED) is 0.638. The number of ether oxygens (including phenoxy) is 1. The Morgan fingerprint density at radius 3 is 2.63 bits per heavy atom. The topological polar surface area (TPSA) is 57.0 Å². The number of hydrogen-bond acceptors (Lipinski definition) is 4. The highest BCUT2D eigenvalue weighted by Crippen LogP contribution is 2.24. The molecule has 2 aromatic heterocycles. The van der Waals surface area contributed by atoms with Gasteiger partial charge in [-0.2, -0.15) is 5.10 Å². The van der Waals surface area contributed by atoms with Crippen LogP contribution in [0.15, 0.2) is 24.5 Å². The zero-order chi connectivity index (χ0) is 14.0. The van der Waals surface area contributed by atoms with Gasteiger partial charge in [-0.25, -0.2) is 4.98 Å². The van der Waals surface area contributed by atoms with Gasteiger partial charge in [0.15, 0.2) is 11.4 Å². The van der Waals surface area contributed by atoms with Crippen molar-refractivity contribution >= 4 is 17.4 Å². The summed E-state index contributed by atoms with van der Waals surface area (Å²) in [7, 11) is 1.51. The molecule has 0 aromatic carbocycles. The van der Waals surface area contributed by atoms with Crippen LogP contribution in [0.5, 0.6) is 5.75 Å². The van der Waals surface area contributed by atoms with Crippen molar-refractivity contribution in [1.82, 2.24) is 14.8 Å². The van der Waals surface area contributed by atoms with Crippen molar-refractivity contribution in [3.8, 4) is 5.75 Å². The first-order chi connectivity index (χ1) is 9.04. The number of ketones is 1. The molecule has 0 unspecified atom stereocenters. The van der Waals surface area contributed by atoms with Crippen LogP contribution in [0, 0.1) is 0 Å². The maximum atomic E-state index is 12.5. The first-order valence-corrected chi connectivity index (χ1v) is 6.20. The molecule has 0 aliphatic rings. The number of carbonyl (C=O) groups excluding carboxylic acids is 1. The van der Waals surface area contributed by atoms with Crippen LogP contribution in [0.3, 0.4) is 0 Å². The van der Waals surface area contributed by atoms with Crippen molar-refractivity contribution < 1.29 is 9.53 Å². The molecule has 2 heterocycles. The molecule has 2 rings (SSSR count). The van der Waals surface area contributed by atoms with Gasteiger partial charge in [-0.05, 0) is 26.0 Å². The van der Waals surface area contributed by atoms with Gasteiger partial charge in [0.25, 0.3) is 0 Å². The highest BCUT2D eigenvalue weighted by molar-refractivity contribution is 6.29. The summed E-state index contributed by atoms with van der Waals surface area (Å²) < 4.78 is 6.83. The van der Waals surface area contributed by atoms with Crippen molar-refractivity contribution in [3.05, 3.63) is 40.9 Å². The lowest BCUT2D eigenvalue weighted by molar-refractivity contribution is 0.102. The zero-order valence-electron chi connectivity index (χ0n) is 10.9. The van der Waals surface area contributed by atoms with E-state index in [4.69, 9.17) is 16.3 Å². The Hall–Kier alpha value is -1.88. The number of rotatable bonds is 4. The van der Waals surface area contributed by atoms with Gasteiger partial charge in [0.2, 0.25) is 5.78 Å². The molecule has 0 spiro atoms. The van der Waals surface area contributed by atoms with E-state index in [9.17, 15) is 4.79 Å². The molecular formula is C13H14ClN3O2. The zero-order valence-corrected chi connectivity index (χ0v) is 11.7. The van der Waals surface area contributed by atoms with E-state index in [0.29, 0.717) is 22.2 Å². The van der Waals surface area contributed by atoms with Crippen molar-refractivity contribution in [1.29, 1.82) is 0 Å². The van der Waals surface area contributed by atoms with E-state index in [2.05, 4.69) is 10.1 Å². The van der Waals surface area contributed by atoms with Crippen LogP contribution in [-0.2, 0) is 0 Å². The van der Waals surface area contributed by atoms with E-state index in [1.54, 1.807) is 16.8 Å². The number of aromatic nitrogens is 3. The molecular weight excluding hydrogens is 266 g/mol. The summed E-state index contributed by atoms with van der Waals surface area (Å²) in [6.07, 6.45) is 2.98. The molecule has 2 aromatic rings. The van der Waals surface area contributed by atoms with Gasteiger partial charge in [0.1, 0.15) is 5.15 Å². The molecule has 0 aliphatic heterocycles. The van der Waals surface area contributed by atoms with E-state index in [-0.39, 0.29) is 11.8 Å². The fourth-order valence-corrected chi connectivity index (χ4v) is 1.86. The van der Waals surface area contributed by atoms with Gasteiger partial charge in [0.05, 0.1) is 13.3 Å². The first-order valence-electron chi connectivity index (χ1n) is 5.82. The molecule has 0 saturated carbocycles. The minimum atomic E-state index is -0.188. The second-order valence-corrected chi connectivity index (χ2v) is 4.69. The summed E-state index contributed by atoms with van der Waals surface area (Å²) in [4.78, 5) is 16.4. The minimum Gasteiger partial charge on any atom is -0.493 e. The number of carbonyl (C=O) groups is 1. The monoisotopic (exact) mass is 279 g/mol. The fraction of sp³-hybridized carbons (Fsp3) is 0.308. The first kappa shape index (κ1) is 13.5. The number of nitrogens with zero attached hydrogens (tertiary/aromatic N) is 3. The molecule has 0 fully saturated rings. The summed E-state index contributed by atoms with van der Waals surface area (Å²) in [6, 6.07) is 3.27. The van der Waals surface area contributed by atoms with Crippen molar-refractivity contribution in [2.24, 2.45) is 0 Å². The lowest BCUT2D eigenvalue weighted by Crippen LogP contribution is -2.14. The van der Waals surface area contributed by atoms with Crippen LogP contribution in [-0.4, -0.2) is 27.7 Å². The van der Waals surface area contributed by atoms with E-state index in [0.717, 1.165) is 0 Å². The maximum absolute atomic E-state index is 12.5. The molecule has 0 amide bonds. The van der Waals surface area contributed by atoms with Gasteiger partial charge in [-0.3, -0.25) is 9.48 Å². The molecule has 0 radical (unpaired) electrons. The van der Waals surface area contributed by atoms with Crippen molar-refractivity contribution in [2.45, 2.75) is 19.9 Å². The Kier molecular flexibility index (Phi) is 3.85. The minimum absolute atomic E-state index is 0.0584. The largest absolute Gasteiger partial charge is 0.493 e. The summed E-state index contributed by atoms with van der Waals surface area (Å²) in [5, 5.41) is 4.52. The fourth-order valence-electron chi connectivity index (χ4n) is 1.75. The Labute approximate surface area is 116 Å². The molecule has 0 aliphatic carbocycles. The second kappa shape index (κ2) is 5.40. The Bertz CT molecular complexity index is 590. The van der Waals surface area contributed by atoms with Gasteiger partial charge < -0.3 is 4.74 Å². The second-order valence-electron chi connectivity index (χ2n) is 4.30. The van der Waals surface area contributed by atoms with Crippen LogP contribution in [0.4, 0.5) is 0 Å². The van der Waals surface area contributed by atoms with Crippen LogP contribution >= 0.6 is 11.6 Å². The molecule has 0 N–H and O–H groups in total. The Morgan fingerprint density at radius 1 is 1.37 bits per heavy atom. The molecule has 5 nitrogen and oxygen atoms in total. The molecule has 100 valence electrons. The van der Waals surface area contributed by atoms with Gasteiger partial charge in [-0.15, -0.1) is 0 Å². The molecule has 0 atom stereocenters. The van der Waals surface area contributed by atoms with E-state index >= 15 is 0 Å². The van der Waals surface area contributed by atoms with Gasteiger partial charge >= 0.3 is 0 Å². The van der Waals surface area contributed by atoms with Crippen molar-refractivity contribution in [3.63, 3.8) is 0 Å². The number of hydrogen-bond donors (Lipinski definition) is 0. The summed E-state index contributed by atoms with van der Waals surface area (Å²) >= 11 is 5.72. The molecule has 0 bridgehead atoms. The van der Waals surface area contributed by atoms with E-state index in [1.165, 1.54) is 19.5 Å². The normalized spacial score (nSPS) is 10.8. The predicted octanol–water partition coefficient (Wildman–Crippen LogP) is 2.75. The highest BCUT2D eigenvalue weighted by atomic mass is 35.5. The third-order valence-corrected chi connectivity index (χ3v) is 2.90. The highest BCUT2D eigenvalue weighted by Gasteiger charge is 2.22. The van der Waals surface area contributed by atoms with E-state index in [1.807, 2.05) is 13.8 Å². The SMILES string of the molecule is COc1cnn(C(C)C)c1C(=O)c1ccc(Cl)nc1. The predicted molar refractivity (Wildman–Crippen MR) is 71.8 cm³/mol. The molecule has 0 saturated heterocycles. The number of halogens is 1. The average molecular weight is 280 g/mol. The molecule has 19 heavy (non-hydrogen) atoms. The number of pyridine rings is 1. The standard InChI is InChI=1S/C13H14ClN3O2/c1-8(2)17-12(10(19-3)7-16-17)13(18)9-4-5-11(14)15-6-9/h4-8H,1-3H3. The third-order valence-electron chi connectivity index (χ3n) is 2.68. The third kappa shape index (κ3) is 2.61. The lowest BCUT2D eigenvalue weighted by atomic mass is 10.1. The van der Waals surface area contributed by atoms with E-state index < -0.39 is 0 Å². The van der Waals surface area contributed by atoms with Crippen LogP contribution < -0.4 is 4.74 Å². The van der Waals surface area contributed by atoms with Gasteiger partial charge in [0, 0.05) is 17.8 Å². The Morgan fingerprint density at radius 2 is 2.11 bits per heavy atom. The average Bonchev–Trinajstić information content (AvgIpc) is 2.82. The summed E-state index contributed by atoms with van der Waals surface area (Å²) in [5.41, 5.74) is 0.867. The van der Waals surface area contributed by atoms with Crippen LogP contribution in [0.2, 0.25) is 5.15 Å². The molecule has 6 heteroatoms. The maximum Gasteiger partial charge on any atom is 0.216 e.